The molecule has 0 aliphatic carbocycles. The van der Waals surface area contributed by atoms with Crippen LogP contribution in [0.2, 0.25) is 5.15 Å². The third-order valence-electron chi connectivity index (χ3n) is 3.82. The molecule has 108 valence electrons. The molecule has 2 unspecified atom stereocenters. The summed E-state index contributed by atoms with van der Waals surface area (Å²) in [5.74, 6) is 1.30. The Morgan fingerprint density at radius 3 is 2.84 bits per heavy atom. The SMILES string of the molecule is CCNC(Cc1c(C)nn(C)c1Cl)C1CCCCS1. The van der Waals surface area contributed by atoms with E-state index in [4.69, 9.17) is 11.6 Å². The molecule has 1 aromatic rings. The van der Waals surface area contributed by atoms with E-state index >= 15 is 0 Å². The standard InChI is InChI=1S/C14H24ClN3S/c1-4-16-12(13-7-5-6-8-19-13)9-11-10(2)17-18(3)14(11)15/h12-13,16H,4-9H2,1-3H3. The highest BCUT2D eigenvalue weighted by atomic mass is 35.5. The molecule has 5 heteroatoms. The number of hydrogen-bond acceptors (Lipinski definition) is 3. The molecular weight excluding hydrogens is 278 g/mol. The van der Waals surface area contributed by atoms with Gasteiger partial charge in [0.1, 0.15) is 5.15 Å². The van der Waals surface area contributed by atoms with Crippen molar-refractivity contribution in [3.63, 3.8) is 0 Å². The molecule has 1 aliphatic rings. The topological polar surface area (TPSA) is 29.9 Å². The van der Waals surface area contributed by atoms with Crippen LogP contribution in [0, 0.1) is 6.92 Å². The normalized spacial score (nSPS) is 21.6. The maximum absolute atomic E-state index is 6.36. The molecule has 0 saturated carbocycles. The molecule has 1 saturated heterocycles. The molecule has 0 spiro atoms. The lowest BCUT2D eigenvalue weighted by Crippen LogP contribution is -2.41. The Balaban J connectivity index is 2.11. The molecule has 1 aliphatic heterocycles. The zero-order valence-corrected chi connectivity index (χ0v) is 13.7. The van der Waals surface area contributed by atoms with Gasteiger partial charge in [0.2, 0.25) is 0 Å². The maximum atomic E-state index is 6.36. The molecular formula is C14H24ClN3S. The van der Waals surface area contributed by atoms with Gasteiger partial charge in [-0.25, -0.2) is 0 Å². The van der Waals surface area contributed by atoms with E-state index in [0.717, 1.165) is 23.8 Å². The zero-order valence-electron chi connectivity index (χ0n) is 12.1. The minimum atomic E-state index is 0.510. The Kier molecular flexibility index (Phi) is 5.60. The largest absolute Gasteiger partial charge is 0.313 e. The van der Waals surface area contributed by atoms with Crippen molar-refractivity contribution >= 4 is 23.4 Å². The molecule has 0 bridgehead atoms. The predicted octanol–water partition coefficient (Wildman–Crippen LogP) is 3.19. The van der Waals surface area contributed by atoms with Crippen molar-refractivity contribution in [2.45, 2.75) is 50.8 Å². The summed E-state index contributed by atoms with van der Waals surface area (Å²) in [6, 6.07) is 0.510. The molecule has 2 rings (SSSR count). The minimum Gasteiger partial charge on any atom is -0.313 e. The number of nitrogens with one attached hydrogen (secondary N) is 1. The smallest absolute Gasteiger partial charge is 0.130 e. The molecule has 0 aromatic carbocycles. The average Bonchev–Trinajstić information content (AvgIpc) is 2.65. The number of aromatic nitrogens is 2. The van der Waals surface area contributed by atoms with E-state index < -0.39 is 0 Å². The first kappa shape index (κ1) is 15.2. The number of nitrogens with zero attached hydrogens (tertiary/aromatic N) is 2. The van der Waals surface area contributed by atoms with Gasteiger partial charge in [-0.15, -0.1) is 0 Å². The van der Waals surface area contributed by atoms with Crippen LogP contribution in [0.15, 0.2) is 0 Å². The van der Waals surface area contributed by atoms with Crippen LogP contribution < -0.4 is 5.32 Å². The quantitative estimate of drug-likeness (QED) is 0.906. The molecule has 2 heterocycles. The highest BCUT2D eigenvalue weighted by molar-refractivity contribution is 8.00. The summed E-state index contributed by atoms with van der Waals surface area (Å²) in [6.45, 7) is 5.25. The summed E-state index contributed by atoms with van der Waals surface area (Å²) in [5.41, 5.74) is 2.28. The Bertz CT molecular complexity index is 413. The number of halogens is 1. The van der Waals surface area contributed by atoms with Gasteiger partial charge < -0.3 is 5.32 Å². The summed E-state index contributed by atoms with van der Waals surface area (Å²) < 4.78 is 1.78. The van der Waals surface area contributed by atoms with Crippen LogP contribution in [0.1, 0.15) is 37.4 Å². The minimum absolute atomic E-state index is 0.510. The first-order valence-electron chi connectivity index (χ1n) is 7.16. The highest BCUT2D eigenvalue weighted by Gasteiger charge is 2.26. The van der Waals surface area contributed by atoms with Crippen molar-refractivity contribution in [1.29, 1.82) is 0 Å². The molecule has 3 nitrogen and oxygen atoms in total. The second kappa shape index (κ2) is 7.00. The van der Waals surface area contributed by atoms with E-state index in [-0.39, 0.29) is 0 Å². The molecule has 0 amide bonds. The summed E-state index contributed by atoms with van der Waals surface area (Å²) in [7, 11) is 1.91. The van der Waals surface area contributed by atoms with Crippen LogP contribution in [0.5, 0.6) is 0 Å². The van der Waals surface area contributed by atoms with E-state index in [1.165, 1.54) is 30.6 Å². The second-order valence-electron chi connectivity index (χ2n) is 5.25. The van der Waals surface area contributed by atoms with Gasteiger partial charge in [0.15, 0.2) is 0 Å². The fraction of sp³-hybridized carbons (Fsp3) is 0.786. The van der Waals surface area contributed by atoms with Gasteiger partial charge in [-0.1, -0.05) is 24.9 Å². The first-order valence-corrected chi connectivity index (χ1v) is 8.59. The zero-order chi connectivity index (χ0) is 13.8. The number of aryl methyl sites for hydroxylation is 2. The predicted molar refractivity (Wildman–Crippen MR) is 84.2 cm³/mol. The molecule has 19 heavy (non-hydrogen) atoms. The van der Waals surface area contributed by atoms with Crippen molar-refractivity contribution in [3.05, 3.63) is 16.4 Å². The molecule has 0 radical (unpaired) electrons. The van der Waals surface area contributed by atoms with Crippen LogP contribution in [0.4, 0.5) is 0 Å². The summed E-state index contributed by atoms with van der Waals surface area (Å²) in [5, 5.41) is 9.57. The van der Waals surface area contributed by atoms with Gasteiger partial charge in [-0.3, -0.25) is 4.68 Å². The Labute approximate surface area is 125 Å². The van der Waals surface area contributed by atoms with Crippen molar-refractivity contribution in [2.75, 3.05) is 12.3 Å². The Morgan fingerprint density at radius 2 is 2.32 bits per heavy atom. The van der Waals surface area contributed by atoms with Crippen LogP contribution >= 0.6 is 23.4 Å². The second-order valence-corrected chi connectivity index (χ2v) is 6.96. The van der Waals surface area contributed by atoms with Gasteiger partial charge in [0.25, 0.3) is 0 Å². The Hall–Kier alpha value is -0.190. The number of thioether (sulfide) groups is 1. The number of hydrogen-bond donors (Lipinski definition) is 1. The van der Waals surface area contributed by atoms with E-state index in [1.807, 2.05) is 7.05 Å². The van der Waals surface area contributed by atoms with E-state index in [0.29, 0.717) is 11.3 Å². The molecule has 1 fully saturated rings. The maximum Gasteiger partial charge on any atom is 0.130 e. The molecule has 2 atom stereocenters. The Morgan fingerprint density at radius 1 is 1.53 bits per heavy atom. The monoisotopic (exact) mass is 301 g/mol. The molecule has 1 aromatic heterocycles. The van der Waals surface area contributed by atoms with Gasteiger partial charge in [0.05, 0.1) is 5.69 Å². The molecule has 1 N–H and O–H groups in total. The lowest BCUT2D eigenvalue weighted by atomic mass is 10.00. The van der Waals surface area contributed by atoms with Crippen molar-refractivity contribution in [3.8, 4) is 0 Å². The lowest BCUT2D eigenvalue weighted by Gasteiger charge is -2.30. The first-order chi connectivity index (χ1) is 9.13. The third kappa shape index (κ3) is 3.67. The van der Waals surface area contributed by atoms with Gasteiger partial charge in [-0.2, -0.15) is 16.9 Å². The van der Waals surface area contributed by atoms with Gasteiger partial charge in [0, 0.05) is 23.9 Å². The van der Waals surface area contributed by atoms with Crippen molar-refractivity contribution < 1.29 is 0 Å². The van der Waals surface area contributed by atoms with Crippen molar-refractivity contribution in [2.24, 2.45) is 7.05 Å². The summed E-state index contributed by atoms with van der Waals surface area (Å²) in [4.78, 5) is 0. The highest BCUT2D eigenvalue weighted by Crippen LogP contribution is 2.30. The van der Waals surface area contributed by atoms with Crippen LogP contribution in [-0.2, 0) is 13.5 Å². The van der Waals surface area contributed by atoms with Gasteiger partial charge in [-0.05, 0) is 38.5 Å². The van der Waals surface area contributed by atoms with E-state index in [2.05, 4.69) is 36.0 Å². The number of rotatable bonds is 5. The van der Waals surface area contributed by atoms with Gasteiger partial charge >= 0.3 is 0 Å². The fourth-order valence-corrected chi connectivity index (χ4v) is 4.49. The van der Waals surface area contributed by atoms with E-state index in [1.54, 1.807) is 4.68 Å². The summed E-state index contributed by atoms with van der Waals surface area (Å²) in [6.07, 6.45) is 5.04. The van der Waals surface area contributed by atoms with Crippen LogP contribution in [0.25, 0.3) is 0 Å². The third-order valence-corrected chi connectivity index (χ3v) is 5.81. The average molecular weight is 302 g/mol. The van der Waals surface area contributed by atoms with Crippen molar-refractivity contribution in [1.82, 2.24) is 15.1 Å². The summed E-state index contributed by atoms with van der Waals surface area (Å²) >= 11 is 8.48. The van der Waals surface area contributed by atoms with E-state index in [9.17, 15) is 0 Å². The van der Waals surface area contributed by atoms with Crippen LogP contribution in [0.3, 0.4) is 0 Å². The number of likely N-dealkylation sites (N-methyl/N-ethyl adjacent to an activating group) is 1. The van der Waals surface area contributed by atoms with Crippen LogP contribution in [-0.4, -0.2) is 33.4 Å². The lowest BCUT2D eigenvalue weighted by molar-refractivity contribution is 0.471. The fourth-order valence-electron chi connectivity index (χ4n) is 2.81.